The number of hydrogen-bond donors (Lipinski definition) is 0. The monoisotopic (exact) mass is 309 g/mol. The van der Waals surface area contributed by atoms with Crippen molar-refractivity contribution in [2.24, 2.45) is 7.05 Å². The zero-order chi connectivity index (χ0) is 15.1. The third kappa shape index (κ3) is 2.21. The van der Waals surface area contributed by atoms with Crippen LogP contribution in [0.25, 0.3) is 10.9 Å². The van der Waals surface area contributed by atoms with Crippen molar-refractivity contribution in [3.8, 4) is 11.6 Å². The molecule has 0 aliphatic rings. The van der Waals surface area contributed by atoms with Crippen molar-refractivity contribution in [1.29, 1.82) is 0 Å². The lowest BCUT2D eigenvalue weighted by Gasteiger charge is -2.08. The summed E-state index contributed by atoms with van der Waals surface area (Å²) < 4.78 is 35.2. The molecule has 21 heavy (non-hydrogen) atoms. The predicted molar refractivity (Wildman–Crippen MR) is 74.7 cm³/mol. The van der Waals surface area contributed by atoms with Gasteiger partial charge in [-0.3, -0.25) is 0 Å². The summed E-state index contributed by atoms with van der Waals surface area (Å²) in [6.07, 6.45) is 1.05. The zero-order valence-corrected chi connectivity index (χ0v) is 11.9. The molecule has 3 rings (SSSR count). The van der Waals surface area contributed by atoms with E-state index in [1.165, 1.54) is 6.07 Å². The molecule has 0 aliphatic heterocycles. The highest BCUT2D eigenvalue weighted by Gasteiger charge is 2.17. The van der Waals surface area contributed by atoms with E-state index in [0.29, 0.717) is 5.39 Å². The lowest BCUT2D eigenvalue weighted by atomic mass is 10.2. The number of aryl methyl sites for hydroxylation is 2. The van der Waals surface area contributed by atoms with E-state index in [2.05, 4.69) is 9.97 Å². The highest BCUT2D eigenvalue weighted by molar-refractivity contribution is 6.29. The molecule has 3 aromatic rings. The van der Waals surface area contributed by atoms with E-state index in [9.17, 15) is 8.78 Å². The maximum Gasteiger partial charge on any atom is 0.260 e. The van der Waals surface area contributed by atoms with Gasteiger partial charge in [-0.15, -0.1) is 0 Å². The van der Waals surface area contributed by atoms with Crippen molar-refractivity contribution in [3.05, 3.63) is 47.0 Å². The quantitative estimate of drug-likeness (QED) is 0.672. The van der Waals surface area contributed by atoms with E-state index < -0.39 is 17.5 Å². The summed E-state index contributed by atoms with van der Waals surface area (Å²) in [5.41, 5.74) is 1.62. The molecule has 0 unspecified atom stereocenters. The standard InChI is InChI=1S/C14H10ClF2N3O/c1-7-5-8-9(20(7)2)3-4-10(11(8)16)21-14-12(17)13(15)18-6-19-14/h3-6H,1-2H3. The lowest BCUT2D eigenvalue weighted by molar-refractivity contribution is 0.398. The highest BCUT2D eigenvalue weighted by atomic mass is 35.5. The minimum atomic E-state index is -0.928. The molecule has 0 aliphatic carbocycles. The van der Waals surface area contributed by atoms with Crippen molar-refractivity contribution in [1.82, 2.24) is 14.5 Å². The van der Waals surface area contributed by atoms with Crippen molar-refractivity contribution < 1.29 is 13.5 Å². The number of benzene rings is 1. The smallest absolute Gasteiger partial charge is 0.260 e. The van der Waals surface area contributed by atoms with E-state index in [4.69, 9.17) is 16.3 Å². The fraction of sp³-hybridized carbons (Fsp3) is 0.143. The Bertz CT molecular complexity index is 848. The Morgan fingerprint density at radius 3 is 2.71 bits per heavy atom. The number of aromatic nitrogens is 3. The summed E-state index contributed by atoms with van der Waals surface area (Å²) in [7, 11) is 1.83. The second-order valence-corrected chi connectivity index (χ2v) is 4.90. The first-order chi connectivity index (χ1) is 9.99. The first-order valence-corrected chi connectivity index (χ1v) is 6.45. The van der Waals surface area contributed by atoms with Gasteiger partial charge in [-0.05, 0) is 25.1 Å². The Labute approximate surface area is 124 Å². The fourth-order valence-electron chi connectivity index (χ4n) is 2.08. The second kappa shape index (κ2) is 4.96. The molecular formula is C14H10ClF2N3O. The number of rotatable bonds is 2. The SMILES string of the molecule is Cc1cc2c(F)c(Oc3ncnc(Cl)c3F)ccc2n1C. The van der Waals surface area contributed by atoms with Crippen LogP contribution in [-0.4, -0.2) is 14.5 Å². The van der Waals surface area contributed by atoms with Crippen LogP contribution in [0, 0.1) is 18.6 Å². The fourth-order valence-corrected chi connectivity index (χ4v) is 2.20. The van der Waals surface area contributed by atoms with Gasteiger partial charge in [-0.2, -0.15) is 9.37 Å². The largest absolute Gasteiger partial charge is 0.433 e. The number of ether oxygens (including phenoxy) is 1. The van der Waals surface area contributed by atoms with Crippen LogP contribution in [0.5, 0.6) is 11.6 Å². The molecule has 2 aromatic heterocycles. The van der Waals surface area contributed by atoms with Crippen LogP contribution in [-0.2, 0) is 7.05 Å². The highest BCUT2D eigenvalue weighted by Crippen LogP contribution is 2.32. The van der Waals surface area contributed by atoms with Gasteiger partial charge in [0.2, 0.25) is 5.82 Å². The Kier molecular flexibility index (Phi) is 3.25. The molecule has 0 bridgehead atoms. The minimum absolute atomic E-state index is 0.123. The van der Waals surface area contributed by atoms with E-state index in [1.807, 2.05) is 18.5 Å². The predicted octanol–water partition coefficient (Wildman–Crippen LogP) is 4.00. The van der Waals surface area contributed by atoms with Crippen LogP contribution in [0.3, 0.4) is 0 Å². The van der Waals surface area contributed by atoms with Crippen LogP contribution in [0.15, 0.2) is 24.5 Å². The number of fused-ring (bicyclic) bond motifs is 1. The molecule has 0 saturated heterocycles. The maximum absolute atomic E-state index is 14.4. The normalized spacial score (nSPS) is 11.1. The van der Waals surface area contributed by atoms with Gasteiger partial charge in [0.15, 0.2) is 16.7 Å². The molecule has 1 aromatic carbocycles. The third-order valence-corrected chi connectivity index (χ3v) is 3.55. The van der Waals surface area contributed by atoms with E-state index in [-0.39, 0.29) is 10.9 Å². The molecule has 0 fully saturated rings. The van der Waals surface area contributed by atoms with Crippen LogP contribution in [0.2, 0.25) is 5.15 Å². The Hall–Kier alpha value is -2.21. The van der Waals surface area contributed by atoms with Crippen LogP contribution in [0.4, 0.5) is 8.78 Å². The van der Waals surface area contributed by atoms with Gasteiger partial charge in [-0.1, -0.05) is 11.6 Å². The average Bonchev–Trinajstić information content (AvgIpc) is 2.75. The molecular weight excluding hydrogens is 300 g/mol. The molecule has 0 amide bonds. The van der Waals surface area contributed by atoms with Crippen molar-refractivity contribution in [2.45, 2.75) is 6.92 Å². The third-order valence-electron chi connectivity index (χ3n) is 3.29. The van der Waals surface area contributed by atoms with Gasteiger partial charge in [0, 0.05) is 18.1 Å². The maximum atomic E-state index is 14.4. The summed E-state index contributed by atoms with van der Waals surface area (Å²) in [6, 6.07) is 4.81. The first-order valence-electron chi connectivity index (χ1n) is 6.07. The first kappa shape index (κ1) is 13.8. The summed E-state index contributed by atoms with van der Waals surface area (Å²) in [4.78, 5) is 7.08. The molecule has 0 radical (unpaired) electrons. The van der Waals surface area contributed by atoms with E-state index in [1.54, 1.807) is 12.1 Å². The zero-order valence-electron chi connectivity index (χ0n) is 11.2. The van der Waals surface area contributed by atoms with Gasteiger partial charge >= 0.3 is 0 Å². The van der Waals surface area contributed by atoms with Crippen LogP contribution < -0.4 is 4.74 Å². The van der Waals surface area contributed by atoms with E-state index in [0.717, 1.165) is 17.5 Å². The average molecular weight is 310 g/mol. The second-order valence-electron chi connectivity index (χ2n) is 4.54. The molecule has 108 valence electrons. The molecule has 0 spiro atoms. The Balaban J connectivity index is 2.09. The van der Waals surface area contributed by atoms with Gasteiger partial charge < -0.3 is 9.30 Å². The summed E-state index contributed by atoms with van der Waals surface area (Å²) in [5, 5.41) is 0.0186. The number of hydrogen-bond acceptors (Lipinski definition) is 3. The van der Waals surface area contributed by atoms with Gasteiger partial charge in [0.05, 0.1) is 5.52 Å². The van der Waals surface area contributed by atoms with Gasteiger partial charge in [0.1, 0.15) is 6.33 Å². The Morgan fingerprint density at radius 1 is 1.19 bits per heavy atom. The van der Waals surface area contributed by atoms with Crippen LogP contribution in [0.1, 0.15) is 5.69 Å². The van der Waals surface area contributed by atoms with Crippen molar-refractivity contribution in [2.75, 3.05) is 0 Å². The molecule has 4 nitrogen and oxygen atoms in total. The Morgan fingerprint density at radius 2 is 1.95 bits per heavy atom. The number of nitrogens with zero attached hydrogens (tertiary/aromatic N) is 3. The summed E-state index contributed by atoms with van der Waals surface area (Å²) >= 11 is 5.54. The van der Waals surface area contributed by atoms with Crippen molar-refractivity contribution in [3.63, 3.8) is 0 Å². The minimum Gasteiger partial charge on any atom is -0.433 e. The van der Waals surface area contributed by atoms with Crippen LogP contribution >= 0.6 is 11.6 Å². The molecule has 0 saturated carbocycles. The number of halogens is 3. The van der Waals surface area contributed by atoms with Crippen molar-refractivity contribution >= 4 is 22.5 Å². The lowest BCUT2D eigenvalue weighted by Crippen LogP contribution is -1.97. The molecule has 0 N–H and O–H groups in total. The molecule has 7 heteroatoms. The summed E-state index contributed by atoms with van der Waals surface area (Å²) in [6.45, 7) is 1.86. The summed E-state index contributed by atoms with van der Waals surface area (Å²) in [5.74, 6) is -2.05. The van der Waals surface area contributed by atoms with Gasteiger partial charge in [-0.25, -0.2) is 9.37 Å². The molecule has 2 heterocycles. The van der Waals surface area contributed by atoms with E-state index >= 15 is 0 Å². The topological polar surface area (TPSA) is 39.9 Å². The molecule has 0 atom stereocenters. The van der Waals surface area contributed by atoms with Gasteiger partial charge in [0.25, 0.3) is 5.88 Å².